The van der Waals surface area contributed by atoms with Crippen LogP contribution in [0.2, 0.25) is 0 Å². The van der Waals surface area contributed by atoms with Crippen molar-refractivity contribution in [3.63, 3.8) is 0 Å². The molecule has 0 N–H and O–H groups in total. The lowest BCUT2D eigenvalue weighted by Gasteiger charge is -2.37. The van der Waals surface area contributed by atoms with Crippen molar-refractivity contribution in [1.29, 1.82) is 0 Å². The molecule has 0 aromatic carbocycles. The van der Waals surface area contributed by atoms with E-state index in [9.17, 15) is 9.59 Å². The molecule has 3 aliphatic rings. The Labute approximate surface area is 159 Å². The van der Waals surface area contributed by atoms with Crippen LogP contribution in [0, 0.1) is 5.92 Å². The molecule has 0 bridgehead atoms. The van der Waals surface area contributed by atoms with Crippen LogP contribution >= 0.6 is 0 Å². The number of carbonyl (C=O) groups is 2. The van der Waals surface area contributed by atoms with Crippen LogP contribution < -0.4 is 0 Å². The number of carbonyl (C=O) groups excluding carboxylic acids is 2. The highest BCUT2D eigenvalue weighted by Gasteiger charge is 2.41. The van der Waals surface area contributed by atoms with Gasteiger partial charge < -0.3 is 19.3 Å². The first kappa shape index (κ1) is 18.4. The Kier molecular flexibility index (Phi) is 5.14. The van der Waals surface area contributed by atoms with E-state index in [1.807, 2.05) is 4.90 Å². The van der Waals surface area contributed by atoms with Crippen LogP contribution in [0.15, 0.2) is 18.5 Å². The van der Waals surface area contributed by atoms with Gasteiger partial charge in [0, 0.05) is 51.4 Å². The largest absolute Gasteiger partial charge is 0.347 e. The molecule has 4 rings (SSSR count). The third kappa shape index (κ3) is 3.84. The minimum atomic E-state index is -0.502. The number of rotatable bonds is 2. The van der Waals surface area contributed by atoms with Gasteiger partial charge in [-0.3, -0.25) is 14.6 Å². The van der Waals surface area contributed by atoms with E-state index < -0.39 is 5.79 Å². The molecule has 7 heteroatoms. The molecule has 1 aromatic heterocycles. The smallest absolute Gasteiger partial charge is 0.255 e. The van der Waals surface area contributed by atoms with Crippen molar-refractivity contribution in [2.75, 3.05) is 39.4 Å². The summed E-state index contributed by atoms with van der Waals surface area (Å²) in [6.45, 7) is 6.17. The molecule has 0 saturated carbocycles. The van der Waals surface area contributed by atoms with Gasteiger partial charge in [0.05, 0.1) is 24.3 Å². The summed E-state index contributed by atoms with van der Waals surface area (Å²) in [7, 11) is 0. The molecule has 27 heavy (non-hydrogen) atoms. The summed E-state index contributed by atoms with van der Waals surface area (Å²) in [5.41, 5.74) is 0.960. The van der Waals surface area contributed by atoms with Crippen molar-refractivity contribution in [2.45, 2.75) is 38.4 Å². The standard InChI is InChI=1S/C20H27N3O4/c1-15-2-6-22(7-3-15)18(24)16-12-17(14-21-13-16)19(25)23-8-4-20(5-9-23)26-10-11-27-20/h12-15H,2-11H2,1H3. The van der Waals surface area contributed by atoms with Crippen LogP contribution in [-0.2, 0) is 9.47 Å². The molecule has 1 spiro atoms. The molecule has 1 aromatic rings. The van der Waals surface area contributed by atoms with Crippen molar-refractivity contribution in [3.8, 4) is 0 Å². The molecule has 0 aliphatic carbocycles. The monoisotopic (exact) mass is 373 g/mol. The minimum absolute atomic E-state index is 0.0330. The maximum Gasteiger partial charge on any atom is 0.255 e. The van der Waals surface area contributed by atoms with E-state index in [1.54, 1.807) is 23.4 Å². The zero-order valence-electron chi connectivity index (χ0n) is 15.9. The molecule has 3 aliphatic heterocycles. The molecule has 7 nitrogen and oxygen atoms in total. The summed E-state index contributed by atoms with van der Waals surface area (Å²) in [4.78, 5) is 33.5. The number of amides is 2. The van der Waals surface area contributed by atoms with Gasteiger partial charge in [-0.25, -0.2) is 0 Å². The molecule has 0 atom stereocenters. The molecule has 0 unspecified atom stereocenters. The van der Waals surface area contributed by atoms with Gasteiger partial charge >= 0.3 is 0 Å². The van der Waals surface area contributed by atoms with Crippen LogP contribution in [0.5, 0.6) is 0 Å². The third-order valence-corrected chi connectivity index (χ3v) is 5.93. The summed E-state index contributed by atoms with van der Waals surface area (Å²) in [6.07, 6.45) is 6.51. The molecule has 3 fully saturated rings. The van der Waals surface area contributed by atoms with Crippen molar-refractivity contribution < 1.29 is 19.1 Å². The maximum absolute atomic E-state index is 12.9. The molecule has 146 valence electrons. The molecular formula is C20H27N3O4. The average molecular weight is 373 g/mol. The highest BCUT2D eigenvalue weighted by molar-refractivity contribution is 5.99. The van der Waals surface area contributed by atoms with Crippen molar-refractivity contribution in [1.82, 2.24) is 14.8 Å². The fourth-order valence-electron chi connectivity index (χ4n) is 4.09. The van der Waals surface area contributed by atoms with Crippen LogP contribution in [0.25, 0.3) is 0 Å². The van der Waals surface area contributed by atoms with Crippen molar-refractivity contribution >= 4 is 11.8 Å². The number of pyridine rings is 1. The van der Waals surface area contributed by atoms with Gasteiger partial charge in [0.2, 0.25) is 0 Å². The summed E-state index contributed by atoms with van der Waals surface area (Å²) in [6, 6.07) is 1.68. The SMILES string of the molecule is CC1CCN(C(=O)c2cncc(C(=O)N3CCC4(CC3)OCCO4)c2)CC1. The van der Waals surface area contributed by atoms with Gasteiger partial charge in [-0.1, -0.05) is 6.92 Å². The second-order valence-corrected chi connectivity index (χ2v) is 7.84. The minimum Gasteiger partial charge on any atom is -0.347 e. The lowest BCUT2D eigenvalue weighted by molar-refractivity contribution is -0.181. The van der Waals surface area contributed by atoms with E-state index in [0.717, 1.165) is 25.9 Å². The number of piperidine rings is 2. The lowest BCUT2D eigenvalue weighted by atomic mass is 9.98. The van der Waals surface area contributed by atoms with Crippen LogP contribution in [0.3, 0.4) is 0 Å². The Morgan fingerprint density at radius 1 is 0.963 bits per heavy atom. The molecule has 2 amide bonds. The van der Waals surface area contributed by atoms with Crippen LogP contribution in [0.1, 0.15) is 53.3 Å². The highest BCUT2D eigenvalue weighted by Crippen LogP contribution is 2.31. The quantitative estimate of drug-likeness (QED) is 0.792. The second kappa shape index (κ2) is 7.56. The summed E-state index contributed by atoms with van der Waals surface area (Å²) >= 11 is 0. The van der Waals surface area contributed by atoms with E-state index in [4.69, 9.17) is 9.47 Å². The Morgan fingerprint density at radius 3 is 2.04 bits per heavy atom. The van der Waals surface area contributed by atoms with Gasteiger partial charge in [-0.15, -0.1) is 0 Å². The Balaban J connectivity index is 1.41. The number of hydrogen-bond acceptors (Lipinski definition) is 5. The Hall–Kier alpha value is -1.99. The first-order valence-electron chi connectivity index (χ1n) is 9.88. The number of hydrogen-bond donors (Lipinski definition) is 0. The number of nitrogens with zero attached hydrogens (tertiary/aromatic N) is 3. The molecular weight excluding hydrogens is 346 g/mol. The molecule has 3 saturated heterocycles. The first-order chi connectivity index (χ1) is 13.1. The summed E-state index contributed by atoms with van der Waals surface area (Å²) in [5.74, 6) is 0.0418. The number of ether oxygens (including phenoxy) is 2. The van der Waals surface area contributed by atoms with Crippen LogP contribution in [0.4, 0.5) is 0 Å². The summed E-state index contributed by atoms with van der Waals surface area (Å²) in [5, 5.41) is 0. The van der Waals surface area contributed by atoms with E-state index >= 15 is 0 Å². The maximum atomic E-state index is 12.9. The van der Waals surface area contributed by atoms with Gasteiger partial charge in [-0.05, 0) is 24.8 Å². The van der Waals surface area contributed by atoms with E-state index in [-0.39, 0.29) is 11.8 Å². The fourth-order valence-corrected chi connectivity index (χ4v) is 4.09. The van der Waals surface area contributed by atoms with Gasteiger partial charge in [0.15, 0.2) is 5.79 Å². The normalized spacial score (nSPS) is 23.0. The first-order valence-corrected chi connectivity index (χ1v) is 9.88. The van der Waals surface area contributed by atoms with Crippen molar-refractivity contribution in [2.24, 2.45) is 5.92 Å². The zero-order valence-corrected chi connectivity index (χ0v) is 15.9. The predicted octanol–water partition coefficient (Wildman–Crippen LogP) is 1.93. The highest BCUT2D eigenvalue weighted by atomic mass is 16.7. The zero-order chi connectivity index (χ0) is 18.9. The van der Waals surface area contributed by atoms with E-state index in [1.165, 1.54) is 0 Å². The topological polar surface area (TPSA) is 72.0 Å². The average Bonchev–Trinajstić information content (AvgIpc) is 3.16. The Morgan fingerprint density at radius 2 is 1.48 bits per heavy atom. The van der Waals surface area contributed by atoms with Gasteiger partial charge in [-0.2, -0.15) is 0 Å². The number of likely N-dealkylation sites (tertiary alicyclic amines) is 2. The van der Waals surface area contributed by atoms with E-state index in [0.29, 0.717) is 56.2 Å². The van der Waals surface area contributed by atoms with Crippen molar-refractivity contribution in [3.05, 3.63) is 29.6 Å². The molecule has 0 radical (unpaired) electrons. The lowest BCUT2D eigenvalue weighted by Crippen LogP contribution is -2.47. The predicted molar refractivity (Wildman–Crippen MR) is 98.3 cm³/mol. The Bertz CT molecular complexity index is 699. The van der Waals surface area contributed by atoms with E-state index in [2.05, 4.69) is 11.9 Å². The fraction of sp³-hybridized carbons (Fsp3) is 0.650. The number of aromatic nitrogens is 1. The molecule has 4 heterocycles. The van der Waals surface area contributed by atoms with Gasteiger partial charge in [0.1, 0.15) is 0 Å². The second-order valence-electron chi connectivity index (χ2n) is 7.84. The third-order valence-electron chi connectivity index (χ3n) is 5.93. The summed E-state index contributed by atoms with van der Waals surface area (Å²) < 4.78 is 11.4. The van der Waals surface area contributed by atoms with Crippen LogP contribution in [-0.4, -0.2) is 71.8 Å². The van der Waals surface area contributed by atoms with Gasteiger partial charge in [0.25, 0.3) is 11.8 Å².